The second-order valence-corrected chi connectivity index (χ2v) is 9.40. The summed E-state index contributed by atoms with van der Waals surface area (Å²) in [5.41, 5.74) is 0. The van der Waals surface area contributed by atoms with Crippen molar-refractivity contribution >= 4 is 21.8 Å². The number of carbonyl (C=O) groups excluding carboxylic acids is 2. The molecule has 162 valence electrons. The van der Waals surface area contributed by atoms with Gasteiger partial charge < -0.3 is 10.6 Å². The number of amides is 2. The molecule has 1 aliphatic rings. The van der Waals surface area contributed by atoms with E-state index in [0.717, 1.165) is 12.8 Å². The van der Waals surface area contributed by atoms with Gasteiger partial charge in [-0.2, -0.15) is 4.31 Å². The van der Waals surface area contributed by atoms with Gasteiger partial charge in [-0.3, -0.25) is 9.59 Å². The van der Waals surface area contributed by atoms with Gasteiger partial charge in [-0.25, -0.2) is 8.42 Å². The minimum atomic E-state index is -3.68. The van der Waals surface area contributed by atoms with Crippen LogP contribution in [-0.4, -0.2) is 50.2 Å². The Morgan fingerprint density at radius 2 is 1.86 bits per heavy atom. The fourth-order valence-corrected chi connectivity index (χ4v) is 5.03. The van der Waals surface area contributed by atoms with Crippen LogP contribution in [0.25, 0.3) is 0 Å². The first-order valence-electron chi connectivity index (χ1n) is 10.5. The standard InChI is InChI=1S/C21H33N3O4S/c1-3-18(4-2)23-21(26)17-9-8-15-24(16-13-20(25)22-14-12-17)29(27,28)19-10-6-5-7-11-19/h5-7,10-11,17-18H,3-4,8-9,12-16H2,1-2H3,(H,22,25)(H,23,26). The summed E-state index contributed by atoms with van der Waals surface area (Å²) in [5.74, 6) is -0.445. The maximum Gasteiger partial charge on any atom is 0.243 e. The van der Waals surface area contributed by atoms with E-state index in [9.17, 15) is 18.0 Å². The molecule has 1 aliphatic heterocycles. The van der Waals surface area contributed by atoms with Crippen LogP contribution in [0.2, 0.25) is 0 Å². The Kier molecular flexibility index (Phi) is 9.10. The van der Waals surface area contributed by atoms with Crippen molar-refractivity contribution in [2.75, 3.05) is 19.6 Å². The maximum atomic E-state index is 13.0. The highest BCUT2D eigenvalue weighted by Crippen LogP contribution is 2.19. The van der Waals surface area contributed by atoms with Crippen LogP contribution in [0.15, 0.2) is 35.2 Å². The van der Waals surface area contributed by atoms with E-state index in [1.54, 1.807) is 30.3 Å². The van der Waals surface area contributed by atoms with Crippen molar-refractivity contribution in [3.05, 3.63) is 30.3 Å². The van der Waals surface area contributed by atoms with E-state index >= 15 is 0 Å². The summed E-state index contributed by atoms with van der Waals surface area (Å²) in [7, 11) is -3.68. The monoisotopic (exact) mass is 423 g/mol. The summed E-state index contributed by atoms with van der Waals surface area (Å²) in [5, 5.41) is 5.90. The molecule has 1 fully saturated rings. The number of nitrogens with zero attached hydrogens (tertiary/aromatic N) is 1. The zero-order valence-corrected chi connectivity index (χ0v) is 18.2. The SMILES string of the molecule is CCC(CC)NC(=O)C1CCCN(S(=O)(=O)c2ccccc2)CCC(=O)NCC1. The van der Waals surface area contributed by atoms with Gasteiger partial charge in [0.05, 0.1) is 4.90 Å². The number of hydrogen-bond donors (Lipinski definition) is 2. The van der Waals surface area contributed by atoms with E-state index in [1.807, 2.05) is 13.8 Å². The third kappa shape index (κ3) is 6.82. The average Bonchev–Trinajstić information content (AvgIpc) is 2.77. The fraction of sp³-hybridized carbons (Fsp3) is 0.619. The van der Waals surface area contributed by atoms with Crippen molar-refractivity contribution in [3.8, 4) is 0 Å². The lowest BCUT2D eigenvalue weighted by atomic mass is 9.97. The number of sulfonamides is 1. The Labute approximate surface area is 174 Å². The molecule has 1 atom stereocenters. The molecule has 0 aliphatic carbocycles. The number of hydrogen-bond acceptors (Lipinski definition) is 4. The van der Waals surface area contributed by atoms with Gasteiger partial charge in [0.25, 0.3) is 0 Å². The number of rotatable bonds is 6. The summed E-state index contributed by atoms with van der Waals surface area (Å²) in [6.07, 6.45) is 3.56. The quantitative estimate of drug-likeness (QED) is 0.734. The second-order valence-electron chi connectivity index (χ2n) is 7.47. The lowest BCUT2D eigenvalue weighted by molar-refractivity contribution is -0.126. The van der Waals surface area contributed by atoms with Crippen LogP contribution < -0.4 is 10.6 Å². The molecule has 0 radical (unpaired) electrons. The van der Waals surface area contributed by atoms with Crippen LogP contribution in [-0.2, 0) is 19.6 Å². The zero-order valence-electron chi connectivity index (χ0n) is 17.4. The summed E-state index contributed by atoms with van der Waals surface area (Å²) in [4.78, 5) is 25.1. The molecule has 7 nitrogen and oxygen atoms in total. The van der Waals surface area contributed by atoms with Gasteiger partial charge in [0.1, 0.15) is 0 Å². The van der Waals surface area contributed by atoms with Gasteiger partial charge in [0.15, 0.2) is 0 Å². The van der Waals surface area contributed by atoms with Gasteiger partial charge in [0, 0.05) is 38.0 Å². The number of benzene rings is 1. The van der Waals surface area contributed by atoms with Crippen LogP contribution in [0, 0.1) is 5.92 Å². The van der Waals surface area contributed by atoms with Crippen LogP contribution in [0.4, 0.5) is 0 Å². The highest BCUT2D eigenvalue weighted by Gasteiger charge is 2.27. The largest absolute Gasteiger partial charge is 0.356 e. The lowest BCUT2D eigenvalue weighted by Gasteiger charge is -2.23. The molecule has 0 spiro atoms. The molecule has 29 heavy (non-hydrogen) atoms. The summed E-state index contributed by atoms with van der Waals surface area (Å²) in [6, 6.07) is 8.40. The summed E-state index contributed by atoms with van der Waals surface area (Å²) < 4.78 is 27.4. The minimum absolute atomic E-state index is 0.00957. The number of nitrogens with one attached hydrogen (secondary N) is 2. The molecule has 0 saturated carbocycles. The van der Waals surface area contributed by atoms with Crippen molar-refractivity contribution in [1.29, 1.82) is 0 Å². The van der Waals surface area contributed by atoms with Gasteiger partial charge >= 0.3 is 0 Å². The molecule has 1 saturated heterocycles. The van der Waals surface area contributed by atoms with Crippen molar-refractivity contribution in [1.82, 2.24) is 14.9 Å². The zero-order chi connectivity index (χ0) is 21.3. The van der Waals surface area contributed by atoms with E-state index in [4.69, 9.17) is 0 Å². The van der Waals surface area contributed by atoms with E-state index in [1.165, 1.54) is 4.31 Å². The Bertz CT molecular complexity index is 763. The molecular formula is C21H33N3O4S. The second kappa shape index (κ2) is 11.3. The van der Waals surface area contributed by atoms with Gasteiger partial charge in [-0.15, -0.1) is 0 Å². The smallest absolute Gasteiger partial charge is 0.243 e. The molecule has 2 N–H and O–H groups in total. The first-order valence-corrected chi connectivity index (χ1v) is 11.9. The Morgan fingerprint density at radius 1 is 1.17 bits per heavy atom. The Morgan fingerprint density at radius 3 is 2.52 bits per heavy atom. The van der Waals surface area contributed by atoms with Gasteiger partial charge in [0.2, 0.25) is 21.8 Å². The summed E-state index contributed by atoms with van der Waals surface area (Å²) >= 11 is 0. The molecule has 1 heterocycles. The average molecular weight is 424 g/mol. The minimum Gasteiger partial charge on any atom is -0.356 e. The molecule has 0 bridgehead atoms. The van der Waals surface area contributed by atoms with Crippen molar-refractivity contribution in [3.63, 3.8) is 0 Å². The van der Waals surface area contributed by atoms with Crippen LogP contribution in [0.3, 0.4) is 0 Å². The molecule has 1 aromatic carbocycles. The molecular weight excluding hydrogens is 390 g/mol. The van der Waals surface area contributed by atoms with E-state index in [2.05, 4.69) is 10.6 Å². The van der Waals surface area contributed by atoms with E-state index < -0.39 is 10.0 Å². The third-order valence-electron chi connectivity index (χ3n) is 5.45. The summed E-state index contributed by atoms with van der Waals surface area (Å²) in [6.45, 7) is 4.93. The van der Waals surface area contributed by atoms with Crippen LogP contribution in [0.1, 0.15) is 52.4 Å². The lowest BCUT2D eigenvalue weighted by Crippen LogP contribution is -2.39. The Hall–Kier alpha value is -1.93. The van der Waals surface area contributed by atoms with E-state index in [0.29, 0.717) is 32.4 Å². The predicted octanol–water partition coefficient (Wildman–Crippen LogP) is 2.29. The molecule has 1 aromatic rings. The molecule has 2 amide bonds. The highest BCUT2D eigenvalue weighted by atomic mass is 32.2. The van der Waals surface area contributed by atoms with Crippen molar-refractivity contribution in [2.45, 2.75) is 63.3 Å². The highest BCUT2D eigenvalue weighted by molar-refractivity contribution is 7.89. The normalized spacial score (nSPS) is 20.0. The van der Waals surface area contributed by atoms with Gasteiger partial charge in [-0.05, 0) is 44.2 Å². The third-order valence-corrected chi connectivity index (χ3v) is 7.36. The van der Waals surface area contributed by atoms with Gasteiger partial charge in [-0.1, -0.05) is 32.0 Å². The van der Waals surface area contributed by atoms with Crippen LogP contribution >= 0.6 is 0 Å². The van der Waals surface area contributed by atoms with Crippen molar-refractivity contribution in [2.24, 2.45) is 5.92 Å². The molecule has 8 heteroatoms. The number of carbonyl (C=O) groups is 2. The predicted molar refractivity (Wildman–Crippen MR) is 113 cm³/mol. The first kappa shape index (κ1) is 23.3. The topological polar surface area (TPSA) is 95.6 Å². The fourth-order valence-electron chi connectivity index (χ4n) is 3.53. The van der Waals surface area contributed by atoms with E-state index in [-0.39, 0.29) is 41.6 Å². The maximum absolute atomic E-state index is 13.0. The van der Waals surface area contributed by atoms with Crippen LogP contribution in [0.5, 0.6) is 0 Å². The Balaban J connectivity index is 2.12. The van der Waals surface area contributed by atoms with Crippen molar-refractivity contribution < 1.29 is 18.0 Å². The molecule has 0 aromatic heterocycles. The first-order chi connectivity index (χ1) is 13.9. The molecule has 1 unspecified atom stereocenters. The molecule has 2 rings (SSSR count).